The zero-order valence-electron chi connectivity index (χ0n) is 12.2. The van der Waals surface area contributed by atoms with Crippen molar-refractivity contribution in [2.45, 2.75) is 25.4 Å². The first-order valence-electron chi connectivity index (χ1n) is 7.00. The Morgan fingerprint density at radius 3 is 2.86 bits per heavy atom. The van der Waals surface area contributed by atoms with Crippen LogP contribution in [0.5, 0.6) is 0 Å². The zero-order chi connectivity index (χ0) is 15.4. The Labute approximate surface area is 128 Å². The van der Waals surface area contributed by atoms with Crippen molar-refractivity contribution in [2.24, 2.45) is 0 Å². The molecule has 2 unspecified atom stereocenters. The average molecular weight is 314 g/mol. The van der Waals surface area contributed by atoms with Crippen molar-refractivity contribution in [1.29, 1.82) is 0 Å². The number of halogens is 2. The predicted molar refractivity (Wildman–Crippen MR) is 81.3 cm³/mol. The number of nitrogens with one attached hydrogen (secondary N) is 1. The van der Waals surface area contributed by atoms with Crippen LogP contribution < -0.4 is 5.32 Å². The molecule has 1 aromatic carbocycles. The van der Waals surface area contributed by atoms with Gasteiger partial charge in [-0.05, 0) is 24.6 Å². The molecular weight excluding hydrogens is 294 g/mol. The molecule has 0 radical (unpaired) electrons. The number of amides is 1. The minimum atomic E-state index is -0.884. The van der Waals surface area contributed by atoms with Gasteiger partial charge in [0, 0.05) is 37.6 Å². The minimum Gasteiger partial charge on any atom is -0.339 e. The molecule has 1 heterocycles. The van der Waals surface area contributed by atoms with E-state index >= 15 is 0 Å². The number of carbonyl (C=O) groups is 1. The van der Waals surface area contributed by atoms with Crippen molar-refractivity contribution in [3.05, 3.63) is 35.4 Å². The molecule has 1 saturated heterocycles. The Balaban J connectivity index is 1.98. The number of nitrogens with zero attached hydrogens (tertiary/aromatic N) is 1. The van der Waals surface area contributed by atoms with E-state index in [9.17, 15) is 13.6 Å². The maximum Gasteiger partial charge on any atom is 0.224 e. The molecule has 1 amide bonds. The van der Waals surface area contributed by atoms with E-state index < -0.39 is 11.6 Å². The summed E-state index contributed by atoms with van der Waals surface area (Å²) in [5.41, 5.74) is 0.593. The van der Waals surface area contributed by atoms with Gasteiger partial charge in [-0.25, -0.2) is 8.78 Å². The number of hydrogen-bond donors (Lipinski definition) is 1. The standard InChI is InChI=1S/C15H20F2N2OS/c1-10(11-3-4-13(16)14(17)7-11)19(2)15(20)8-12-9-21-6-5-18-12/h3-4,7,10,12,18H,5-6,8-9H2,1-2H3. The second kappa shape index (κ2) is 7.22. The monoisotopic (exact) mass is 314 g/mol. The highest BCUT2D eigenvalue weighted by atomic mass is 32.2. The van der Waals surface area contributed by atoms with Gasteiger partial charge >= 0.3 is 0 Å². The van der Waals surface area contributed by atoms with Crippen LogP contribution in [0.1, 0.15) is 24.9 Å². The van der Waals surface area contributed by atoms with E-state index in [4.69, 9.17) is 0 Å². The molecule has 2 atom stereocenters. The first kappa shape index (κ1) is 16.2. The van der Waals surface area contributed by atoms with Crippen LogP contribution in [0.3, 0.4) is 0 Å². The van der Waals surface area contributed by atoms with Crippen molar-refractivity contribution in [1.82, 2.24) is 10.2 Å². The minimum absolute atomic E-state index is 0.00670. The Morgan fingerprint density at radius 2 is 2.24 bits per heavy atom. The number of carbonyl (C=O) groups excluding carboxylic acids is 1. The second-order valence-electron chi connectivity index (χ2n) is 5.28. The molecule has 6 heteroatoms. The average Bonchev–Trinajstić information content (AvgIpc) is 2.49. The molecule has 21 heavy (non-hydrogen) atoms. The molecule has 0 aliphatic carbocycles. The zero-order valence-corrected chi connectivity index (χ0v) is 13.1. The van der Waals surface area contributed by atoms with Crippen molar-refractivity contribution in [3.8, 4) is 0 Å². The summed E-state index contributed by atoms with van der Waals surface area (Å²) in [5.74, 6) is 0.256. The van der Waals surface area contributed by atoms with Gasteiger partial charge in [0.2, 0.25) is 5.91 Å². The lowest BCUT2D eigenvalue weighted by Gasteiger charge is -2.29. The van der Waals surface area contributed by atoms with E-state index in [0.29, 0.717) is 12.0 Å². The molecule has 1 fully saturated rings. The Morgan fingerprint density at radius 1 is 1.48 bits per heavy atom. The molecule has 2 rings (SSSR count). The lowest BCUT2D eigenvalue weighted by atomic mass is 10.1. The van der Waals surface area contributed by atoms with Gasteiger partial charge in [0.25, 0.3) is 0 Å². The third-order valence-electron chi connectivity index (χ3n) is 3.82. The third kappa shape index (κ3) is 4.17. The lowest BCUT2D eigenvalue weighted by molar-refractivity contribution is -0.132. The van der Waals surface area contributed by atoms with Gasteiger partial charge in [-0.15, -0.1) is 0 Å². The quantitative estimate of drug-likeness (QED) is 0.927. The molecule has 0 spiro atoms. The van der Waals surface area contributed by atoms with Crippen LogP contribution in [0.2, 0.25) is 0 Å². The first-order chi connectivity index (χ1) is 9.99. The van der Waals surface area contributed by atoms with Gasteiger partial charge in [-0.2, -0.15) is 11.8 Å². The Hall–Kier alpha value is -1.14. The fourth-order valence-corrected chi connectivity index (χ4v) is 3.27. The molecule has 0 saturated carbocycles. The van der Waals surface area contributed by atoms with Crippen LogP contribution in [-0.2, 0) is 4.79 Å². The number of rotatable bonds is 4. The summed E-state index contributed by atoms with van der Waals surface area (Å²) in [6, 6.07) is 3.67. The molecule has 0 aromatic heterocycles. The van der Waals surface area contributed by atoms with Crippen LogP contribution in [0.25, 0.3) is 0 Å². The Bertz CT molecular complexity index is 506. The van der Waals surface area contributed by atoms with Gasteiger partial charge < -0.3 is 10.2 Å². The first-order valence-corrected chi connectivity index (χ1v) is 8.16. The summed E-state index contributed by atoms with van der Waals surface area (Å²) in [5, 5.41) is 3.32. The molecule has 3 nitrogen and oxygen atoms in total. The van der Waals surface area contributed by atoms with Crippen molar-refractivity contribution in [2.75, 3.05) is 25.1 Å². The lowest BCUT2D eigenvalue weighted by Crippen LogP contribution is -2.42. The summed E-state index contributed by atoms with van der Waals surface area (Å²) in [6.07, 6.45) is 0.428. The number of benzene rings is 1. The van der Waals surface area contributed by atoms with Gasteiger partial charge in [-0.3, -0.25) is 4.79 Å². The fourth-order valence-electron chi connectivity index (χ4n) is 2.32. The van der Waals surface area contributed by atoms with Crippen LogP contribution in [0.4, 0.5) is 8.78 Å². The number of hydrogen-bond acceptors (Lipinski definition) is 3. The van der Waals surface area contributed by atoms with Gasteiger partial charge in [0.05, 0.1) is 6.04 Å². The largest absolute Gasteiger partial charge is 0.339 e. The van der Waals surface area contributed by atoms with Gasteiger partial charge in [-0.1, -0.05) is 6.07 Å². The van der Waals surface area contributed by atoms with E-state index in [1.165, 1.54) is 6.07 Å². The van der Waals surface area contributed by atoms with E-state index in [2.05, 4.69) is 5.32 Å². The van der Waals surface area contributed by atoms with E-state index in [0.717, 1.165) is 30.2 Å². The van der Waals surface area contributed by atoms with Crippen LogP contribution >= 0.6 is 11.8 Å². The maximum absolute atomic E-state index is 13.3. The highest BCUT2D eigenvalue weighted by molar-refractivity contribution is 7.99. The summed E-state index contributed by atoms with van der Waals surface area (Å²) in [4.78, 5) is 13.9. The van der Waals surface area contributed by atoms with Crippen molar-refractivity contribution >= 4 is 17.7 Å². The molecule has 1 aliphatic heterocycles. The normalized spacial score (nSPS) is 20.1. The molecule has 116 valence electrons. The van der Waals surface area contributed by atoms with E-state index in [1.54, 1.807) is 11.9 Å². The molecule has 1 aromatic rings. The smallest absolute Gasteiger partial charge is 0.224 e. The highest BCUT2D eigenvalue weighted by Crippen LogP contribution is 2.22. The van der Waals surface area contributed by atoms with Crippen LogP contribution in [0.15, 0.2) is 18.2 Å². The molecular formula is C15H20F2N2OS. The van der Waals surface area contributed by atoms with E-state index in [-0.39, 0.29) is 18.0 Å². The van der Waals surface area contributed by atoms with Gasteiger partial charge in [0.1, 0.15) is 0 Å². The van der Waals surface area contributed by atoms with Crippen molar-refractivity contribution < 1.29 is 13.6 Å². The van der Waals surface area contributed by atoms with Crippen LogP contribution in [0, 0.1) is 11.6 Å². The summed E-state index contributed by atoms with van der Waals surface area (Å²) < 4.78 is 26.3. The predicted octanol–water partition coefficient (Wildman–Crippen LogP) is 2.58. The molecule has 1 N–H and O–H groups in total. The topological polar surface area (TPSA) is 32.3 Å². The third-order valence-corrected chi connectivity index (χ3v) is 4.95. The summed E-state index contributed by atoms with van der Waals surface area (Å²) in [7, 11) is 1.70. The summed E-state index contributed by atoms with van der Waals surface area (Å²) in [6.45, 7) is 2.73. The highest BCUT2D eigenvalue weighted by Gasteiger charge is 2.23. The fraction of sp³-hybridized carbons (Fsp3) is 0.533. The van der Waals surface area contributed by atoms with Crippen molar-refractivity contribution in [3.63, 3.8) is 0 Å². The second-order valence-corrected chi connectivity index (χ2v) is 6.43. The molecule has 0 bridgehead atoms. The maximum atomic E-state index is 13.3. The van der Waals surface area contributed by atoms with Crippen LogP contribution in [-0.4, -0.2) is 41.9 Å². The molecule has 1 aliphatic rings. The van der Waals surface area contributed by atoms with E-state index in [1.807, 2.05) is 18.7 Å². The van der Waals surface area contributed by atoms with Gasteiger partial charge in [0.15, 0.2) is 11.6 Å². The Kier molecular flexibility index (Phi) is 5.58. The summed E-state index contributed by atoms with van der Waals surface area (Å²) >= 11 is 1.84. The number of thioether (sulfide) groups is 1. The SMILES string of the molecule is CC(c1ccc(F)c(F)c1)N(C)C(=O)CC1CSCCN1.